The third-order valence-corrected chi connectivity index (χ3v) is 4.19. The van der Waals surface area contributed by atoms with Crippen molar-refractivity contribution in [2.45, 2.75) is 12.8 Å². The zero-order valence-corrected chi connectivity index (χ0v) is 14.1. The van der Waals surface area contributed by atoms with Crippen molar-refractivity contribution in [3.63, 3.8) is 0 Å². The van der Waals surface area contributed by atoms with Gasteiger partial charge in [-0.25, -0.2) is 0 Å². The molecule has 0 aliphatic heterocycles. The van der Waals surface area contributed by atoms with Gasteiger partial charge in [0.25, 0.3) is 0 Å². The van der Waals surface area contributed by atoms with Crippen molar-refractivity contribution in [2.24, 2.45) is 0 Å². The molecule has 4 heterocycles. The van der Waals surface area contributed by atoms with Crippen molar-refractivity contribution in [3.05, 3.63) is 48.7 Å². The first-order chi connectivity index (χ1) is 12.8. The van der Waals surface area contributed by atoms with Gasteiger partial charge < -0.3 is 14.3 Å². The van der Waals surface area contributed by atoms with Crippen LogP contribution in [-0.4, -0.2) is 31.2 Å². The monoisotopic (exact) mass is 368 g/mol. The summed E-state index contributed by atoms with van der Waals surface area (Å²) in [6.45, 7) is 0. The minimum Gasteiger partial charge on any atom is -0.461 e. The maximum Gasteiger partial charge on any atom is 0.238 e. The number of hydrogen-bond acceptors (Lipinski definition) is 9. The highest BCUT2D eigenvalue weighted by atomic mass is 32.1. The van der Waals surface area contributed by atoms with Crippen LogP contribution >= 0.6 is 11.3 Å². The van der Waals surface area contributed by atoms with Gasteiger partial charge in [0.2, 0.25) is 22.8 Å². The number of rotatable bonds is 6. The Morgan fingerprint density at radius 3 is 2.96 bits per heavy atom. The lowest BCUT2D eigenvalue weighted by atomic mass is 10.3. The zero-order valence-electron chi connectivity index (χ0n) is 13.3. The summed E-state index contributed by atoms with van der Waals surface area (Å²) in [5.41, 5.74) is 0.710. The molecule has 0 aromatic carbocycles. The highest BCUT2D eigenvalue weighted by Gasteiger charge is 2.14. The Kier molecular flexibility index (Phi) is 4.48. The fourth-order valence-corrected chi connectivity index (χ4v) is 2.87. The second kappa shape index (κ2) is 7.23. The molecule has 0 atom stereocenters. The average Bonchev–Trinajstić information content (AvgIpc) is 3.41. The lowest BCUT2D eigenvalue weighted by molar-refractivity contribution is -0.116. The van der Waals surface area contributed by atoms with Gasteiger partial charge in [0.05, 0.1) is 6.26 Å². The van der Waals surface area contributed by atoms with Crippen molar-refractivity contribution in [2.75, 3.05) is 5.32 Å². The van der Waals surface area contributed by atoms with Gasteiger partial charge in [0.1, 0.15) is 5.69 Å². The summed E-state index contributed by atoms with van der Waals surface area (Å²) in [7, 11) is 0. The van der Waals surface area contributed by atoms with Crippen LogP contribution in [0.5, 0.6) is 0 Å². The quantitative estimate of drug-likeness (QED) is 0.551. The average molecular weight is 368 g/mol. The molecule has 1 amide bonds. The largest absolute Gasteiger partial charge is 0.461 e. The van der Waals surface area contributed by atoms with E-state index in [2.05, 4.69) is 30.6 Å². The molecule has 4 aromatic rings. The SMILES string of the molecule is O=C(CCc1nc(-c2ccco2)no1)Nc1nnc(-c2ccccn2)s1. The van der Waals surface area contributed by atoms with E-state index in [-0.39, 0.29) is 12.3 Å². The molecule has 26 heavy (non-hydrogen) atoms. The molecule has 4 rings (SSSR count). The normalized spacial score (nSPS) is 10.8. The van der Waals surface area contributed by atoms with E-state index in [1.54, 1.807) is 18.3 Å². The Hall–Kier alpha value is -3.40. The van der Waals surface area contributed by atoms with E-state index >= 15 is 0 Å². The Labute approximate surface area is 151 Å². The molecule has 0 aliphatic carbocycles. The number of aryl methyl sites for hydroxylation is 1. The molecule has 0 saturated heterocycles. The van der Waals surface area contributed by atoms with Gasteiger partial charge in [0.15, 0.2) is 10.8 Å². The number of hydrogen-bond donors (Lipinski definition) is 1. The van der Waals surface area contributed by atoms with Crippen LogP contribution in [0.3, 0.4) is 0 Å². The Balaban J connectivity index is 1.33. The molecule has 130 valence electrons. The molecule has 0 bridgehead atoms. The van der Waals surface area contributed by atoms with E-state index < -0.39 is 0 Å². The Bertz CT molecular complexity index is 996. The lowest BCUT2D eigenvalue weighted by Gasteiger charge is -1.98. The number of furan rings is 1. The number of nitrogens with zero attached hydrogens (tertiary/aromatic N) is 5. The predicted molar refractivity (Wildman–Crippen MR) is 92.1 cm³/mol. The van der Waals surface area contributed by atoms with E-state index in [1.807, 2.05) is 18.2 Å². The van der Waals surface area contributed by atoms with Crippen LogP contribution in [0, 0.1) is 0 Å². The third-order valence-electron chi connectivity index (χ3n) is 3.33. The van der Waals surface area contributed by atoms with E-state index in [0.717, 1.165) is 0 Å². The van der Waals surface area contributed by atoms with Crippen LogP contribution in [0.1, 0.15) is 12.3 Å². The summed E-state index contributed by atoms with van der Waals surface area (Å²) >= 11 is 1.26. The summed E-state index contributed by atoms with van der Waals surface area (Å²) in [5.74, 6) is 1.01. The Morgan fingerprint density at radius 2 is 2.15 bits per heavy atom. The van der Waals surface area contributed by atoms with Crippen molar-refractivity contribution in [1.29, 1.82) is 0 Å². The minimum atomic E-state index is -0.216. The number of nitrogens with one attached hydrogen (secondary N) is 1. The van der Waals surface area contributed by atoms with Crippen LogP contribution in [0.15, 0.2) is 51.7 Å². The molecule has 0 aliphatic rings. The lowest BCUT2D eigenvalue weighted by Crippen LogP contribution is -2.12. The summed E-state index contributed by atoms with van der Waals surface area (Å²) in [6, 6.07) is 8.99. The third kappa shape index (κ3) is 3.64. The van der Waals surface area contributed by atoms with Crippen LogP contribution in [0.25, 0.3) is 22.3 Å². The maximum absolute atomic E-state index is 12.1. The molecule has 10 heteroatoms. The number of anilines is 1. The van der Waals surface area contributed by atoms with Crippen molar-refractivity contribution >= 4 is 22.4 Å². The van der Waals surface area contributed by atoms with Gasteiger partial charge in [-0.2, -0.15) is 4.98 Å². The summed E-state index contributed by atoms with van der Waals surface area (Å²) in [5, 5.41) is 15.6. The minimum absolute atomic E-state index is 0.179. The summed E-state index contributed by atoms with van der Waals surface area (Å²) < 4.78 is 10.3. The molecule has 0 radical (unpaired) electrons. The highest BCUT2D eigenvalue weighted by molar-refractivity contribution is 7.18. The van der Waals surface area contributed by atoms with E-state index in [9.17, 15) is 4.79 Å². The van der Waals surface area contributed by atoms with Gasteiger partial charge in [-0.3, -0.25) is 9.78 Å². The molecular formula is C16H12N6O3S. The van der Waals surface area contributed by atoms with Crippen LogP contribution < -0.4 is 5.32 Å². The number of aromatic nitrogens is 5. The smallest absolute Gasteiger partial charge is 0.238 e. The number of amides is 1. The molecular weight excluding hydrogens is 356 g/mol. The van der Waals surface area contributed by atoms with Crippen LogP contribution in [-0.2, 0) is 11.2 Å². The summed E-state index contributed by atoms with van der Waals surface area (Å²) in [4.78, 5) is 20.5. The van der Waals surface area contributed by atoms with Crippen molar-refractivity contribution in [1.82, 2.24) is 25.3 Å². The Morgan fingerprint density at radius 1 is 1.19 bits per heavy atom. The molecule has 0 fully saturated rings. The first-order valence-electron chi connectivity index (χ1n) is 7.69. The molecule has 4 aromatic heterocycles. The van der Waals surface area contributed by atoms with Crippen LogP contribution in [0.4, 0.5) is 5.13 Å². The van der Waals surface area contributed by atoms with Gasteiger partial charge in [-0.15, -0.1) is 10.2 Å². The van der Waals surface area contributed by atoms with E-state index in [1.165, 1.54) is 17.6 Å². The fraction of sp³-hybridized carbons (Fsp3) is 0.125. The second-order valence-corrected chi connectivity index (χ2v) is 6.14. The number of pyridine rings is 1. The molecule has 0 unspecified atom stereocenters. The topological polar surface area (TPSA) is 120 Å². The van der Waals surface area contributed by atoms with Crippen molar-refractivity contribution in [3.8, 4) is 22.3 Å². The summed E-state index contributed by atoms with van der Waals surface area (Å²) in [6.07, 6.45) is 3.69. The standard InChI is InChI=1S/C16H12N6O3S/c23-12(6-7-13-19-14(22-25-13)11-5-3-9-24-11)18-16-21-20-15(26-16)10-4-1-2-8-17-10/h1-5,8-9H,6-7H2,(H,18,21,23). The van der Waals surface area contributed by atoms with Crippen LogP contribution in [0.2, 0.25) is 0 Å². The molecule has 0 spiro atoms. The highest BCUT2D eigenvalue weighted by Crippen LogP contribution is 2.24. The molecule has 9 nitrogen and oxygen atoms in total. The van der Waals surface area contributed by atoms with E-state index in [4.69, 9.17) is 8.94 Å². The molecule has 0 saturated carbocycles. The number of carbonyl (C=O) groups excluding carboxylic acids is 1. The maximum atomic E-state index is 12.1. The fourth-order valence-electron chi connectivity index (χ4n) is 2.13. The number of carbonyl (C=O) groups is 1. The first-order valence-corrected chi connectivity index (χ1v) is 8.51. The first kappa shape index (κ1) is 16.1. The molecule has 1 N–H and O–H groups in total. The van der Waals surface area contributed by atoms with Gasteiger partial charge in [-0.05, 0) is 24.3 Å². The second-order valence-electron chi connectivity index (χ2n) is 5.16. The van der Waals surface area contributed by atoms with E-state index in [0.29, 0.717) is 39.7 Å². The van der Waals surface area contributed by atoms with Crippen molar-refractivity contribution < 1.29 is 13.7 Å². The van der Waals surface area contributed by atoms with Gasteiger partial charge in [0, 0.05) is 19.0 Å². The van der Waals surface area contributed by atoms with Gasteiger partial charge >= 0.3 is 0 Å². The predicted octanol–water partition coefficient (Wildman–Crippen LogP) is 2.81. The zero-order chi connectivity index (χ0) is 17.8. The van der Waals surface area contributed by atoms with Gasteiger partial charge in [-0.1, -0.05) is 22.6 Å².